The highest BCUT2D eigenvalue weighted by Crippen LogP contribution is 2.38. The van der Waals surface area contributed by atoms with E-state index in [1.54, 1.807) is 13.1 Å². The monoisotopic (exact) mass is 405 g/mol. The quantitative estimate of drug-likeness (QED) is 0.670. The van der Waals surface area contributed by atoms with Gasteiger partial charge in [0.25, 0.3) is 5.56 Å². The Labute approximate surface area is 173 Å². The van der Waals surface area contributed by atoms with Crippen molar-refractivity contribution in [3.05, 3.63) is 64.1 Å². The second kappa shape index (κ2) is 7.48. The minimum Gasteiger partial charge on any atom is -0.486 e. The van der Waals surface area contributed by atoms with Crippen molar-refractivity contribution < 1.29 is 14.3 Å². The zero-order valence-corrected chi connectivity index (χ0v) is 16.8. The van der Waals surface area contributed by atoms with Crippen LogP contribution in [-0.4, -0.2) is 40.3 Å². The van der Waals surface area contributed by atoms with E-state index >= 15 is 0 Å². The third kappa shape index (κ3) is 3.20. The van der Waals surface area contributed by atoms with Crippen LogP contribution >= 0.6 is 0 Å². The van der Waals surface area contributed by atoms with Gasteiger partial charge in [-0.1, -0.05) is 24.3 Å². The van der Waals surface area contributed by atoms with Crippen LogP contribution in [0.15, 0.2) is 47.3 Å². The maximum absolute atomic E-state index is 13.3. The largest absolute Gasteiger partial charge is 0.486 e. The Balaban J connectivity index is 1.43. The number of amides is 1. The summed E-state index contributed by atoms with van der Waals surface area (Å²) in [6, 6.07) is 13.3. The summed E-state index contributed by atoms with van der Waals surface area (Å²) in [4.78, 5) is 27.6. The first-order valence-electron chi connectivity index (χ1n) is 10.3. The summed E-state index contributed by atoms with van der Waals surface area (Å²) in [6.45, 7) is 1.80. The SMILES string of the molecule is Cn1nc(CC(=O)N2CCC[C@@H]2c2ccc3c(c2)OCCO3)c2ccccc2c1=O. The summed E-state index contributed by atoms with van der Waals surface area (Å²) in [7, 11) is 1.62. The van der Waals surface area contributed by atoms with Gasteiger partial charge in [0, 0.05) is 19.0 Å². The summed E-state index contributed by atoms with van der Waals surface area (Å²) in [5.74, 6) is 1.51. The molecule has 2 aromatic carbocycles. The molecule has 0 N–H and O–H groups in total. The molecule has 30 heavy (non-hydrogen) atoms. The number of likely N-dealkylation sites (tertiary alicyclic amines) is 1. The second-order valence-corrected chi connectivity index (χ2v) is 7.75. The molecule has 0 bridgehead atoms. The van der Waals surface area contributed by atoms with Crippen LogP contribution < -0.4 is 15.0 Å². The van der Waals surface area contributed by atoms with Gasteiger partial charge in [0.15, 0.2) is 11.5 Å². The average molecular weight is 405 g/mol. The summed E-state index contributed by atoms with van der Waals surface area (Å²) in [5.41, 5.74) is 1.53. The number of aromatic nitrogens is 2. The molecule has 1 aromatic heterocycles. The van der Waals surface area contributed by atoms with Crippen LogP contribution in [0.25, 0.3) is 10.8 Å². The highest BCUT2D eigenvalue weighted by atomic mass is 16.6. The highest BCUT2D eigenvalue weighted by Gasteiger charge is 2.31. The van der Waals surface area contributed by atoms with Crippen molar-refractivity contribution in [2.24, 2.45) is 7.05 Å². The number of hydrogen-bond donors (Lipinski definition) is 0. The van der Waals surface area contributed by atoms with E-state index in [4.69, 9.17) is 9.47 Å². The first-order valence-corrected chi connectivity index (χ1v) is 10.3. The Bertz CT molecular complexity index is 1190. The van der Waals surface area contributed by atoms with Crippen molar-refractivity contribution in [2.45, 2.75) is 25.3 Å². The molecule has 2 aliphatic heterocycles. The fourth-order valence-corrected chi connectivity index (χ4v) is 4.43. The van der Waals surface area contributed by atoms with Crippen molar-refractivity contribution >= 4 is 16.7 Å². The minimum atomic E-state index is -0.155. The third-order valence-corrected chi connectivity index (χ3v) is 5.88. The minimum absolute atomic E-state index is 0.00659. The van der Waals surface area contributed by atoms with Gasteiger partial charge in [0.2, 0.25) is 5.91 Å². The number of carbonyl (C=O) groups is 1. The molecular formula is C23H23N3O4. The standard InChI is InChI=1S/C23H23N3O4/c1-25-23(28)17-6-3-2-5-16(17)18(24-25)14-22(27)26-10-4-7-19(26)15-8-9-20-21(13-15)30-12-11-29-20/h2-3,5-6,8-9,13,19H,4,7,10-12,14H2,1H3/t19-/m1/s1. The zero-order valence-electron chi connectivity index (χ0n) is 16.8. The molecular weight excluding hydrogens is 382 g/mol. The van der Waals surface area contributed by atoms with E-state index < -0.39 is 0 Å². The van der Waals surface area contributed by atoms with Crippen LogP contribution in [0.1, 0.15) is 30.1 Å². The van der Waals surface area contributed by atoms with Crippen molar-refractivity contribution in [1.29, 1.82) is 0 Å². The van der Waals surface area contributed by atoms with Gasteiger partial charge in [-0.2, -0.15) is 5.10 Å². The number of nitrogens with zero attached hydrogens (tertiary/aromatic N) is 3. The Morgan fingerprint density at radius 3 is 2.70 bits per heavy atom. The topological polar surface area (TPSA) is 73.7 Å². The van der Waals surface area contributed by atoms with E-state index in [0.717, 1.165) is 35.3 Å². The zero-order chi connectivity index (χ0) is 20.7. The average Bonchev–Trinajstić information content (AvgIpc) is 3.27. The van der Waals surface area contributed by atoms with Gasteiger partial charge in [-0.3, -0.25) is 9.59 Å². The molecule has 5 rings (SSSR count). The number of carbonyl (C=O) groups excluding carboxylic acids is 1. The van der Waals surface area contributed by atoms with Gasteiger partial charge in [-0.25, -0.2) is 4.68 Å². The maximum Gasteiger partial charge on any atom is 0.274 e. The van der Waals surface area contributed by atoms with Crippen molar-refractivity contribution in [2.75, 3.05) is 19.8 Å². The lowest BCUT2D eigenvalue weighted by atomic mass is 10.0. The predicted molar refractivity (Wildman–Crippen MR) is 112 cm³/mol. The van der Waals surface area contributed by atoms with Gasteiger partial charge in [0.1, 0.15) is 13.2 Å². The van der Waals surface area contributed by atoms with Crippen molar-refractivity contribution in [3.8, 4) is 11.5 Å². The van der Waals surface area contributed by atoms with Gasteiger partial charge in [-0.15, -0.1) is 0 Å². The van der Waals surface area contributed by atoms with Gasteiger partial charge >= 0.3 is 0 Å². The summed E-state index contributed by atoms with van der Waals surface area (Å²) >= 11 is 0. The lowest BCUT2D eigenvalue weighted by molar-refractivity contribution is -0.131. The number of fused-ring (bicyclic) bond motifs is 2. The first-order chi connectivity index (χ1) is 14.6. The molecule has 154 valence electrons. The molecule has 1 atom stereocenters. The summed E-state index contributed by atoms with van der Waals surface area (Å²) in [6.07, 6.45) is 2.02. The summed E-state index contributed by atoms with van der Waals surface area (Å²) in [5, 5.41) is 5.71. The Kier molecular flexibility index (Phi) is 4.65. The molecule has 7 heteroatoms. The van der Waals surface area contributed by atoms with Crippen molar-refractivity contribution in [1.82, 2.24) is 14.7 Å². The van der Waals surface area contributed by atoms with E-state index in [2.05, 4.69) is 5.10 Å². The number of ether oxygens (including phenoxy) is 2. The van der Waals surface area contributed by atoms with Crippen LogP contribution in [0.2, 0.25) is 0 Å². The molecule has 1 fully saturated rings. The van der Waals surface area contributed by atoms with Crippen LogP contribution in [0, 0.1) is 0 Å². The predicted octanol–water partition coefficient (Wildman–Crippen LogP) is 2.61. The van der Waals surface area contributed by atoms with Gasteiger partial charge in [0.05, 0.1) is 23.5 Å². The lowest BCUT2D eigenvalue weighted by Crippen LogP contribution is -2.33. The first kappa shape index (κ1) is 18.7. The molecule has 0 unspecified atom stereocenters. The molecule has 0 spiro atoms. The fourth-order valence-electron chi connectivity index (χ4n) is 4.43. The van der Waals surface area contributed by atoms with Gasteiger partial charge < -0.3 is 14.4 Å². The van der Waals surface area contributed by atoms with Crippen LogP contribution in [-0.2, 0) is 18.3 Å². The normalized spacial score (nSPS) is 18.0. The molecule has 3 aromatic rings. The molecule has 2 aliphatic rings. The maximum atomic E-state index is 13.3. The Morgan fingerprint density at radius 2 is 1.87 bits per heavy atom. The molecule has 0 aliphatic carbocycles. The Hall–Kier alpha value is -3.35. The molecule has 3 heterocycles. The molecule has 1 saturated heterocycles. The highest BCUT2D eigenvalue weighted by molar-refractivity contribution is 5.88. The Morgan fingerprint density at radius 1 is 1.10 bits per heavy atom. The van der Waals surface area contributed by atoms with E-state index in [1.807, 2.05) is 41.3 Å². The number of benzene rings is 2. The van der Waals surface area contributed by atoms with Crippen molar-refractivity contribution in [3.63, 3.8) is 0 Å². The number of hydrogen-bond acceptors (Lipinski definition) is 5. The number of aryl methyl sites for hydroxylation is 1. The lowest BCUT2D eigenvalue weighted by Gasteiger charge is -2.27. The van der Waals surface area contributed by atoms with Crippen LogP contribution in [0.5, 0.6) is 11.5 Å². The molecule has 1 amide bonds. The molecule has 7 nitrogen and oxygen atoms in total. The summed E-state index contributed by atoms with van der Waals surface area (Å²) < 4.78 is 12.6. The smallest absolute Gasteiger partial charge is 0.274 e. The van der Waals surface area contributed by atoms with Crippen LogP contribution in [0.3, 0.4) is 0 Å². The molecule has 0 saturated carbocycles. The fraction of sp³-hybridized carbons (Fsp3) is 0.348. The van der Waals surface area contributed by atoms with E-state index in [-0.39, 0.29) is 23.9 Å². The third-order valence-electron chi connectivity index (χ3n) is 5.88. The van der Waals surface area contributed by atoms with E-state index in [0.29, 0.717) is 30.8 Å². The van der Waals surface area contributed by atoms with E-state index in [9.17, 15) is 9.59 Å². The second-order valence-electron chi connectivity index (χ2n) is 7.75. The van der Waals surface area contributed by atoms with Crippen LogP contribution in [0.4, 0.5) is 0 Å². The molecule has 0 radical (unpaired) electrons. The van der Waals surface area contributed by atoms with Gasteiger partial charge in [-0.05, 0) is 36.6 Å². The number of rotatable bonds is 3. The van der Waals surface area contributed by atoms with E-state index in [1.165, 1.54) is 4.68 Å².